The summed E-state index contributed by atoms with van der Waals surface area (Å²) in [5, 5.41) is 13.4. The molecule has 15 heavy (non-hydrogen) atoms. The standard InChI is InChI=1S/C10H16N4O/c1-7(2)12-10(15)6-11-9-5-4-8(3)13-14-9/h4-5,7H,6H2,1-3H3,(H,11,14)(H,12,15). The largest absolute Gasteiger partial charge is 0.360 e. The van der Waals surface area contributed by atoms with Gasteiger partial charge in [-0.25, -0.2) is 0 Å². The van der Waals surface area contributed by atoms with Gasteiger partial charge in [0.2, 0.25) is 5.91 Å². The third-order valence-electron chi connectivity index (χ3n) is 1.68. The van der Waals surface area contributed by atoms with Crippen molar-refractivity contribution in [3.8, 4) is 0 Å². The molecule has 0 fully saturated rings. The van der Waals surface area contributed by atoms with E-state index in [0.717, 1.165) is 5.69 Å². The Kier molecular flexibility index (Phi) is 4.03. The molecule has 0 bridgehead atoms. The molecule has 0 saturated carbocycles. The van der Waals surface area contributed by atoms with Crippen LogP contribution in [0.5, 0.6) is 0 Å². The Labute approximate surface area is 89.3 Å². The van der Waals surface area contributed by atoms with Crippen molar-refractivity contribution in [3.63, 3.8) is 0 Å². The van der Waals surface area contributed by atoms with Gasteiger partial charge in [-0.1, -0.05) is 0 Å². The zero-order valence-corrected chi connectivity index (χ0v) is 9.24. The Bertz CT molecular complexity index is 321. The molecule has 1 aromatic heterocycles. The highest BCUT2D eigenvalue weighted by Crippen LogP contribution is 1.99. The van der Waals surface area contributed by atoms with E-state index >= 15 is 0 Å². The van der Waals surface area contributed by atoms with E-state index in [4.69, 9.17) is 0 Å². The van der Waals surface area contributed by atoms with E-state index in [1.165, 1.54) is 0 Å². The minimum Gasteiger partial charge on any atom is -0.360 e. The lowest BCUT2D eigenvalue weighted by Crippen LogP contribution is -2.34. The van der Waals surface area contributed by atoms with Crippen LogP contribution in [0.3, 0.4) is 0 Å². The van der Waals surface area contributed by atoms with Crippen LogP contribution < -0.4 is 10.6 Å². The Morgan fingerprint density at radius 1 is 1.40 bits per heavy atom. The number of aromatic nitrogens is 2. The fourth-order valence-corrected chi connectivity index (χ4v) is 1.04. The molecule has 1 aromatic rings. The Morgan fingerprint density at radius 2 is 2.13 bits per heavy atom. The molecule has 82 valence electrons. The zero-order valence-electron chi connectivity index (χ0n) is 9.24. The van der Waals surface area contributed by atoms with Gasteiger partial charge in [-0.3, -0.25) is 4.79 Å². The van der Waals surface area contributed by atoms with Crippen molar-refractivity contribution in [3.05, 3.63) is 17.8 Å². The maximum Gasteiger partial charge on any atom is 0.239 e. The summed E-state index contributed by atoms with van der Waals surface area (Å²) in [4.78, 5) is 11.3. The van der Waals surface area contributed by atoms with E-state index in [1.54, 1.807) is 6.07 Å². The van der Waals surface area contributed by atoms with Crippen molar-refractivity contribution in [1.29, 1.82) is 0 Å². The van der Waals surface area contributed by atoms with Crippen LogP contribution in [-0.2, 0) is 4.79 Å². The average Bonchev–Trinajstić information content (AvgIpc) is 2.16. The molecular weight excluding hydrogens is 192 g/mol. The van der Waals surface area contributed by atoms with Crippen molar-refractivity contribution in [2.45, 2.75) is 26.8 Å². The molecule has 5 nitrogen and oxygen atoms in total. The molecule has 1 amide bonds. The van der Waals surface area contributed by atoms with Gasteiger partial charge in [0.15, 0.2) is 0 Å². The summed E-state index contributed by atoms with van der Waals surface area (Å²) in [6.07, 6.45) is 0. The number of anilines is 1. The van der Waals surface area contributed by atoms with Crippen molar-refractivity contribution in [2.24, 2.45) is 0 Å². The van der Waals surface area contributed by atoms with Crippen molar-refractivity contribution in [2.75, 3.05) is 11.9 Å². The number of nitrogens with zero attached hydrogens (tertiary/aromatic N) is 2. The zero-order chi connectivity index (χ0) is 11.3. The van der Waals surface area contributed by atoms with Crippen LogP contribution in [0.25, 0.3) is 0 Å². The topological polar surface area (TPSA) is 66.9 Å². The third-order valence-corrected chi connectivity index (χ3v) is 1.68. The van der Waals surface area contributed by atoms with Crippen LogP contribution in [0, 0.1) is 6.92 Å². The first-order valence-electron chi connectivity index (χ1n) is 4.91. The quantitative estimate of drug-likeness (QED) is 0.765. The first-order valence-corrected chi connectivity index (χ1v) is 4.91. The second kappa shape index (κ2) is 5.29. The summed E-state index contributed by atoms with van der Waals surface area (Å²) in [5.74, 6) is 0.562. The average molecular weight is 208 g/mol. The molecule has 5 heteroatoms. The van der Waals surface area contributed by atoms with Gasteiger partial charge in [-0.05, 0) is 32.9 Å². The Morgan fingerprint density at radius 3 is 2.67 bits per heavy atom. The molecule has 0 unspecified atom stereocenters. The van der Waals surface area contributed by atoms with Gasteiger partial charge in [-0.2, -0.15) is 5.10 Å². The highest BCUT2D eigenvalue weighted by Gasteiger charge is 2.02. The lowest BCUT2D eigenvalue weighted by atomic mass is 10.4. The number of nitrogens with one attached hydrogen (secondary N) is 2. The van der Waals surface area contributed by atoms with Crippen molar-refractivity contribution >= 4 is 11.7 Å². The summed E-state index contributed by atoms with van der Waals surface area (Å²) < 4.78 is 0. The number of hydrogen-bond donors (Lipinski definition) is 2. The Hall–Kier alpha value is -1.65. The van der Waals surface area contributed by atoms with E-state index in [9.17, 15) is 4.79 Å². The summed E-state index contributed by atoms with van der Waals surface area (Å²) in [6, 6.07) is 3.80. The third kappa shape index (κ3) is 4.39. The highest BCUT2D eigenvalue weighted by molar-refractivity contribution is 5.80. The number of carbonyl (C=O) groups is 1. The van der Waals surface area contributed by atoms with Crippen molar-refractivity contribution < 1.29 is 4.79 Å². The van der Waals surface area contributed by atoms with Crippen molar-refractivity contribution in [1.82, 2.24) is 15.5 Å². The van der Waals surface area contributed by atoms with E-state index in [-0.39, 0.29) is 18.5 Å². The van der Waals surface area contributed by atoms with E-state index in [0.29, 0.717) is 5.82 Å². The summed E-state index contributed by atoms with van der Waals surface area (Å²) >= 11 is 0. The molecule has 1 rings (SSSR count). The van der Waals surface area contributed by atoms with Gasteiger partial charge in [0, 0.05) is 6.04 Å². The number of rotatable bonds is 4. The van der Waals surface area contributed by atoms with E-state index in [2.05, 4.69) is 20.8 Å². The number of hydrogen-bond acceptors (Lipinski definition) is 4. The maximum atomic E-state index is 11.3. The molecule has 0 aromatic carbocycles. The summed E-state index contributed by atoms with van der Waals surface area (Å²) in [5.41, 5.74) is 0.854. The molecule has 0 aliphatic rings. The highest BCUT2D eigenvalue weighted by atomic mass is 16.1. The Balaban J connectivity index is 2.37. The fraction of sp³-hybridized carbons (Fsp3) is 0.500. The molecule has 0 aliphatic heterocycles. The lowest BCUT2D eigenvalue weighted by Gasteiger charge is -2.09. The summed E-state index contributed by atoms with van der Waals surface area (Å²) in [6.45, 7) is 5.92. The van der Waals surface area contributed by atoms with Gasteiger partial charge in [0.05, 0.1) is 12.2 Å². The molecule has 1 heterocycles. The first kappa shape index (κ1) is 11.4. The first-order chi connectivity index (χ1) is 7.08. The van der Waals surface area contributed by atoms with Gasteiger partial charge in [-0.15, -0.1) is 5.10 Å². The molecule has 2 N–H and O–H groups in total. The summed E-state index contributed by atoms with van der Waals surface area (Å²) in [7, 11) is 0. The van der Waals surface area contributed by atoms with Gasteiger partial charge in [0.1, 0.15) is 5.82 Å². The number of carbonyl (C=O) groups excluding carboxylic acids is 1. The second-order valence-electron chi connectivity index (χ2n) is 3.64. The normalized spacial score (nSPS) is 10.1. The predicted molar refractivity (Wildman–Crippen MR) is 58.5 cm³/mol. The second-order valence-corrected chi connectivity index (χ2v) is 3.64. The number of amides is 1. The monoisotopic (exact) mass is 208 g/mol. The van der Waals surface area contributed by atoms with Crippen LogP contribution >= 0.6 is 0 Å². The molecule has 0 spiro atoms. The minimum atomic E-state index is -0.0487. The molecule has 0 saturated heterocycles. The molecular formula is C10H16N4O. The van der Waals surface area contributed by atoms with E-state index in [1.807, 2.05) is 26.8 Å². The van der Waals surface area contributed by atoms with Crippen LogP contribution in [0.1, 0.15) is 19.5 Å². The van der Waals surface area contributed by atoms with Crippen LogP contribution in [0.4, 0.5) is 5.82 Å². The smallest absolute Gasteiger partial charge is 0.239 e. The minimum absolute atomic E-state index is 0.0487. The molecule has 0 atom stereocenters. The van der Waals surface area contributed by atoms with Crippen LogP contribution in [0.2, 0.25) is 0 Å². The van der Waals surface area contributed by atoms with Crippen LogP contribution in [0.15, 0.2) is 12.1 Å². The van der Waals surface area contributed by atoms with Gasteiger partial charge >= 0.3 is 0 Å². The molecule has 0 radical (unpaired) electrons. The van der Waals surface area contributed by atoms with Gasteiger partial charge < -0.3 is 10.6 Å². The molecule has 0 aliphatic carbocycles. The predicted octanol–water partition coefficient (Wildman–Crippen LogP) is 0.722. The fourth-order valence-electron chi connectivity index (χ4n) is 1.04. The SMILES string of the molecule is Cc1ccc(NCC(=O)NC(C)C)nn1. The number of aryl methyl sites for hydroxylation is 1. The van der Waals surface area contributed by atoms with E-state index < -0.39 is 0 Å². The lowest BCUT2D eigenvalue weighted by molar-refractivity contribution is -0.119. The van der Waals surface area contributed by atoms with Crippen LogP contribution in [-0.4, -0.2) is 28.7 Å². The van der Waals surface area contributed by atoms with Gasteiger partial charge in [0.25, 0.3) is 0 Å². The maximum absolute atomic E-state index is 11.3.